The number of carbonyl (C=O) groups is 2. The number of carboxylic acids is 1. The van der Waals surface area contributed by atoms with Gasteiger partial charge in [-0.25, -0.2) is 4.79 Å². The van der Waals surface area contributed by atoms with Crippen molar-refractivity contribution in [3.8, 4) is 0 Å². The van der Waals surface area contributed by atoms with Crippen molar-refractivity contribution in [3.05, 3.63) is 28.8 Å². The van der Waals surface area contributed by atoms with Crippen LogP contribution in [-0.4, -0.2) is 36.2 Å². The maximum Gasteiger partial charge on any atom is 0.335 e. The Hall–Kier alpha value is -1.63. The molecule has 1 heterocycles. The number of halogens is 1. The molecule has 0 spiro atoms. The van der Waals surface area contributed by atoms with Gasteiger partial charge >= 0.3 is 5.97 Å². The van der Waals surface area contributed by atoms with Gasteiger partial charge in [0.1, 0.15) is 0 Å². The second-order valence-corrected chi connectivity index (χ2v) is 5.40. The van der Waals surface area contributed by atoms with E-state index in [1.165, 1.54) is 18.2 Å². The Bertz CT molecular complexity index is 563. The fourth-order valence-electron chi connectivity index (χ4n) is 1.94. The normalized spacial score (nSPS) is 25.4. The van der Waals surface area contributed by atoms with Gasteiger partial charge < -0.3 is 20.9 Å². The molecule has 1 aliphatic heterocycles. The van der Waals surface area contributed by atoms with Gasteiger partial charge in [0.05, 0.1) is 34.9 Å². The minimum Gasteiger partial charge on any atom is -0.478 e. The van der Waals surface area contributed by atoms with E-state index in [0.717, 1.165) is 0 Å². The summed E-state index contributed by atoms with van der Waals surface area (Å²) < 4.78 is 5.22. The number of hydrogen-bond acceptors (Lipinski definition) is 4. The highest BCUT2D eigenvalue weighted by molar-refractivity contribution is 6.34. The molecule has 1 saturated heterocycles. The lowest BCUT2D eigenvalue weighted by Crippen LogP contribution is -2.47. The molecule has 0 aliphatic carbocycles. The molecule has 1 amide bonds. The van der Waals surface area contributed by atoms with Crippen molar-refractivity contribution < 1.29 is 19.4 Å². The largest absolute Gasteiger partial charge is 0.478 e. The predicted molar refractivity (Wildman–Crippen MR) is 73.9 cm³/mol. The molecule has 2 rings (SSSR count). The predicted octanol–water partition coefficient (Wildman–Crippen LogP) is 1.34. The molecule has 7 heteroatoms. The van der Waals surface area contributed by atoms with Crippen LogP contribution < -0.4 is 11.1 Å². The molecule has 1 aromatic rings. The average molecular weight is 299 g/mol. The molecule has 0 saturated carbocycles. The van der Waals surface area contributed by atoms with E-state index in [4.69, 9.17) is 27.2 Å². The van der Waals surface area contributed by atoms with Crippen LogP contribution in [0.25, 0.3) is 0 Å². The van der Waals surface area contributed by atoms with Gasteiger partial charge in [0.2, 0.25) is 5.91 Å². The third-order valence-corrected chi connectivity index (χ3v) is 3.81. The van der Waals surface area contributed by atoms with E-state index in [-0.39, 0.29) is 29.1 Å². The first kappa shape index (κ1) is 14.8. The number of nitrogens with two attached hydrogens (primary N) is 1. The quantitative estimate of drug-likeness (QED) is 0.781. The van der Waals surface area contributed by atoms with Crippen LogP contribution in [0.1, 0.15) is 17.3 Å². The van der Waals surface area contributed by atoms with Crippen molar-refractivity contribution >= 4 is 29.2 Å². The molecule has 0 aromatic heterocycles. The molecule has 108 valence electrons. The Morgan fingerprint density at radius 1 is 1.55 bits per heavy atom. The molecule has 2 atom stereocenters. The Kier molecular flexibility index (Phi) is 3.99. The van der Waals surface area contributed by atoms with E-state index in [2.05, 4.69) is 5.32 Å². The maximum atomic E-state index is 12.3. The van der Waals surface area contributed by atoms with Gasteiger partial charge in [0.25, 0.3) is 0 Å². The van der Waals surface area contributed by atoms with E-state index in [1.54, 1.807) is 6.92 Å². The Morgan fingerprint density at radius 2 is 2.25 bits per heavy atom. The number of carbonyl (C=O) groups excluding carboxylic acids is 1. The van der Waals surface area contributed by atoms with Crippen molar-refractivity contribution in [1.82, 2.24) is 0 Å². The van der Waals surface area contributed by atoms with Gasteiger partial charge in [-0.3, -0.25) is 4.79 Å². The van der Waals surface area contributed by atoms with Crippen molar-refractivity contribution in [2.24, 2.45) is 11.1 Å². The summed E-state index contributed by atoms with van der Waals surface area (Å²) in [5.74, 6) is -1.38. The topological polar surface area (TPSA) is 102 Å². The summed E-state index contributed by atoms with van der Waals surface area (Å²) in [6.07, 6.45) is 0. The van der Waals surface area contributed by atoms with E-state index in [9.17, 15) is 9.59 Å². The van der Waals surface area contributed by atoms with Crippen LogP contribution in [0.5, 0.6) is 0 Å². The number of nitrogens with one attached hydrogen (secondary N) is 1. The summed E-state index contributed by atoms with van der Waals surface area (Å²) in [5.41, 5.74) is 5.45. The highest BCUT2D eigenvalue weighted by Gasteiger charge is 2.44. The molecule has 20 heavy (non-hydrogen) atoms. The summed E-state index contributed by atoms with van der Waals surface area (Å²) in [6.45, 7) is 2.29. The molecule has 2 unspecified atom stereocenters. The summed E-state index contributed by atoms with van der Waals surface area (Å²) in [7, 11) is 0. The van der Waals surface area contributed by atoms with Gasteiger partial charge in [-0.15, -0.1) is 0 Å². The van der Waals surface area contributed by atoms with Crippen LogP contribution in [0.4, 0.5) is 5.69 Å². The summed E-state index contributed by atoms with van der Waals surface area (Å²) in [4.78, 5) is 23.1. The zero-order valence-electron chi connectivity index (χ0n) is 10.9. The average Bonchev–Trinajstić information content (AvgIpc) is 2.73. The van der Waals surface area contributed by atoms with Gasteiger partial charge in [0, 0.05) is 6.04 Å². The molecule has 1 fully saturated rings. The van der Waals surface area contributed by atoms with Crippen LogP contribution in [0.2, 0.25) is 5.02 Å². The van der Waals surface area contributed by atoms with Crippen molar-refractivity contribution in [3.63, 3.8) is 0 Å². The minimum absolute atomic E-state index is 0.0557. The van der Waals surface area contributed by atoms with Crippen LogP contribution in [0.3, 0.4) is 0 Å². The number of ether oxygens (including phenoxy) is 1. The third-order valence-electron chi connectivity index (χ3n) is 3.50. The molecule has 4 N–H and O–H groups in total. The van der Waals surface area contributed by atoms with Gasteiger partial charge in [-0.2, -0.15) is 0 Å². The molecular weight excluding hydrogens is 284 g/mol. The van der Waals surface area contributed by atoms with Crippen LogP contribution in [-0.2, 0) is 9.53 Å². The highest BCUT2D eigenvalue weighted by atomic mass is 35.5. The van der Waals surface area contributed by atoms with Crippen LogP contribution in [0, 0.1) is 5.41 Å². The summed E-state index contributed by atoms with van der Waals surface area (Å²) >= 11 is 5.97. The highest BCUT2D eigenvalue weighted by Crippen LogP contribution is 2.30. The van der Waals surface area contributed by atoms with E-state index in [0.29, 0.717) is 12.3 Å². The Balaban J connectivity index is 2.18. The first-order valence-corrected chi connectivity index (χ1v) is 6.40. The standard InChI is InChI=1S/C13H15ClN2O4/c1-13(6-20-5-10(13)15)12(19)16-9-3-2-7(11(17)18)4-8(9)14/h2-4,10H,5-6,15H2,1H3,(H,16,19)(H,17,18). The second kappa shape index (κ2) is 5.40. The lowest BCUT2D eigenvalue weighted by atomic mass is 9.85. The zero-order chi connectivity index (χ0) is 14.9. The second-order valence-electron chi connectivity index (χ2n) is 4.99. The van der Waals surface area contributed by atoms with Crippen molar-refractivity contribution in [1.29, 1.82) is 0 Å². The maximum absolute atomic E-state index is 12.3. The zero-order valence-corrected chi connectivity index (χ0v) is 11.6. The molecule has 0 bridgehead atoms. The molecule has 1 aromatic carbocycles. The monoisotopic (exact) mass is 298 g/mol. The number of carboxylic acid groups (broad SMARTS) is 1. The Morgan fingerprint density at radius 3 is 2.75 bits per heavy atom. The Labute approximate surface area is 120 Å². The van der Waals surface area contributed by atoms with Gasteiger partial charge in [-0.05, 0) is 25.1 Å². The number of amides is 1. The first-order valence-electron chi connectivity index (χ1n) is 6.02. The fraction of sp³-hybridized carbons (Fsp3) is 0.385. The molecular formula is C13H15ClN2O4. The number of hydrogen-bond donors (Lipinski definition) is 3. The van der Waals surface area contributed by atoms with E-state index >= 15 is 0 Å². The lowest BCUT2D eigenvalue weighted by molar-refractivity contribution is -0.125. The lowest BCUT2D eigenvalue weighted by Gasteiger charge is -2.25. The smallest absolute Gasteiger partial charge is 0.335 e. The third kappa shape index (κ3) is 2.63. The SMILES string of the molecule is CC1(C(=O)Nc2ccc(C(=O)O)cc2Cl)COCC1N. The van der Waals surface area contributed by atoms with Crippen molar-refractivity contribution in [2.45, 2.75) is 13.0 Å². The molecule has 0 radical (unpaired) electrons. The number of anilines is 1. The molecule has 1 aliphatic rings. The first-order chi connectivity index (χ1) is 9.34. The fourth-order valence-corrected chi connectivity index (χ4v) is 2.17. The van der Waals surface area contributed by atoms with E-state index in [1.807, 2.05) is 0 Å². The minimum atomic E-state index is -1.08. The van der Waals surface area contributed by atoms with E-state index < -0.39 is 11.4 Å². The summed E-state index contributed by atoms with van der Waals surface area (Å²) in [6, 6.07) is 3.72. The van der Waals surface area contributed by atoms with Crippen LogP contribution in [0.15, 0.2) is 18.2 Å². The number of aromatic carboxylic acids is 1. The van der Waals surface area contributed by atoms with Gasteiger partial charge in [-0.1, -0.05) is 11.6 Å². The molecule has 6 nitrogen and oxygen atoms in total. The van der Waals surface area contributed by atoms with Crippen molar-refractivity contribution in [2.75, 3.05) is 18.5 Å². The van der Waals surface area contributed by atoms with Gasteiger partial charge in [0.15, 0.2) is 0 Å². The summed E-state index contributed by atoms with van der Waals surface area (Å²) in [5, 5.41) is 11.7. The van der Waals surface area contributed by atoms with Crippen LogP contribution >= 0.6 is 11.6 Å². The number of rotatable bonds is 3. The number of benzene rings is 1.